The number of nitrogens with zero attached hydrogens (tertiary/aromatic N) is 4. The molecule has 0 unspecified atom stereocenters. The lowest BCUT2D eigenvalue weighted by molar-refractivity contribution is 0.808. The summed E-state index contributed by atoms with van der Waals surface area (Å²) in [5.74, 6) is 0. The molecule has 0 aromatic heterocycles. The number of aromatic nitrogens is 4. The molecule has 0 bridgehead atoms. The minimum absolute atomic E-state index is 1.19. The van der Waals surface area contributed by atoms with Gasteiger partial charge in [0.2, 0.25) is 0 Å². The summed E-state index contributed by atoms with van der Waals surface area (Å²) in [6, 6.07) is 0. The summed E-state index contributed by atoms with van der Waals surface area (Å²) >= 11 is 0. The fourth-order valence-electron chi connectivity index (χ4n) is 2.07. The Labute approximate surface area is 79.6 Å². The molecule has 4 rings (SSSR count). The van der Waals surface area contributed by atoms with E-state index in [1.165, 1.54) is 11.0 Å². The van der Waals surface area contributed by atoms with Crippen molar-refractivity contribution in [1.29, 1.82) is 0 Å². The van der Waals surface area contributed by atoms with E-state index >= 15 is 0 Å². The van der Waals surface area contributed by atoms with Crippen molar-refractivity contribution < 1.29 is 0 Å². The van der Waals surface area contributed by atoms with Crippen molar-refractivity contribution in [3.8, 4) is 0 Å². The average molecular weight is 184 g/mol. The predicted molar refractivity (Wildman–Crippen MR) is 54.4 cm³/mol. The van der Waals surface area contributed by atoms with E-state index < -0.39 is 0 Å². The molecule has 0 saturated heterocycles. The van der Waals surface area contributed by atoms with E-state index in [1.54, 1.807) is 0 Å². The average Bonchev–Trinajstić information content (AvgIpc) is 2.77. The fourth-order valence-corrected chi connectivity index (χ4v) is 2.07. The second-order valence-corrected chi connectivity index (χ2v) is 3.47. The Morgan fingerprint density at radius 2 is 0.786 bits per heavy atom. The number of rotatable bonds is 0. The van der Waals surface area contributed by atoms with Crippen molar-refractivity contribution in [2.45, 2.75) is 0 Å². The molecule has 0 atom stereocenters. The van der Waals surface area contributed by atoms with E-state index in [0.29, 0.717) is 0 Å². The van der Waals surface area contributed by atoms with E-state index in [0.717, 1.165) is 0 Å². The Balaban J connectivity index is 2.51. The molecule has 68 valence electrons. The minimum Gasteiger partial charge on any atom is -0.304 e. The summed E-state index contributed by atoms with van der Waals surface area (Å²) in [5.41, 5.74) is 2.39. The Bertz CT molecular complexity index is 571. The van der Waals surface area contributed by atoms with Crippen LogP contribution in [0.2, 0.25) is 0 Å². The zero-order chi connectivity index (χ0) is 9.12. The molecule has 0 spiro atoms. The first-order valence-electron chi connectivity index (χ1n) is 4.54. The maximum Gasteiger partial charge on any atom is 0.164 e. The first kappa shape index (κ1) is 6.37. The molecule has 4 aliphatic heterocycles. The molecule has 14 heavy (non-hydrogen) atoms. The largest absolute Gasteiger partial charge is 0.304 e. The molecule has 0 aromatic carbocycles. The van der Waals surface area contributed by atoms with E-state index in [9.17, 15) is 0 Å². The standard InChI is InChI=1S/C10H8N4/c1-2-12-7-8-14-4-3-13-6-5-11(1)9(12)10(13)14/h1-8H. The van der Waals surface area contributed by atoms with Crippen molar-refractivity contribution in [2.24, 2.45) is 0 Å². The normalized spacial score (nSPS) is 14.6. The van der Waals surface area contributed by atoms with Gasteiger partial charge in [0.25, 0.3) is 0 Å². The zero-order valence-corrected chi connectivity index (χ0v) is 7.41. The third kappa shape index (κ3) is 0.546. The summed E-state index contributed by atoms with van der Waals surface area (Å²) in [7, 11) is 0. The quantitative estimate of drug-likeness (QED) is 0.395. The fraction of sp³-hybridized carbons (Fsp3) is 0. The summed E-state index contributed by atoms with van der Waals surface area (Å²) in [6.45, 7) is 0. The second-order valence-electron chi connectivity index (χ2n) is 3.47. The first-order valence-corrected chi connectivity index (χ1v) is 4.54. The van der Waals surface area contributed by atoms with Crippen LogP contribution in [0.5, 0.6) is 0 Å². The molecule has 0 amide bonds. The van der Waals surface area contributed by atoms with Gasteiger partial charge >= 0.3 is 0 Å². The summed E-state index contributed by atoms with van der Waals surface area (Å²) < 4.78 is 8.48. The minimum atomic E-state index is 1.19. The molecule has 4 heteroatoms. The lowest BCUT2D eigenvalue weighted by atomic mass is 10.6. The van der Waals surface area contributed by atoms with Gasteiger partial charge < -0.3 is 18.3 Å². The van der Waals surface area contributed by atoms with E-state index in [4.69, 9.17) is 0 Å². The van der Waals surface area contributed by atoms with E-state index in [-0.39, 0.29) is 0 Å². The van der Waals surface area contributed by atoms with Crippen LogP contribution in [0.4, 0.5) is 0 Å². The van der Waals surface area contributed by atoms with Gasteiger partial charge in [0, 0.05) is 49.6 Å². The molecule has 0 radical (unpaired) electrons. The van der Waals surface area contributed by atoms with Gasteiger partial charge in [-0.3, -0.25) is 0 Å². The first-order chi connectivity index (χ1) is 6.93. The highest BCUT2D eigenvalue weighted by Crippen LogP contribution is 2.13. The van der Waals surface area contributed by atoms with Gasteiger partial charge in [-0.2, -0.15) is 0 Å². The summed E-state index contributed by atoms with van der Waals surface area (Å²) in [5, 5.41) is 0. The summed E-state index contributed by atoms with van der Waals surface area (Å²) in [4.78, 5) is 0. The van der Waals surface area contributed by atoms with Crippen molar-refractivity contribution in [3.63, 3.8) is 0 Å². The highest BCUT2D eigenvalue weighted by Gasteiger charge is 2.09. The van der Waals surface area contributed by atoms with Gasteiger partial charge in [-0.15, -0.1) is 0 Å². The Morgan fingerprint density at radius 1 is 0.500 bits per heavy atom. The van der Waals surface area contributed by atoms with Gasteiger partial charge in [-0.1, -0.05) is 0 Å². The van der Waals surface area contributed by atoms with Crippen LogP contribution < -0.4 is 0 Å². The van der Waals surface area contributed by atoms with Crippen LogP contribution in [-0.2, 0) is 0 Å². The topological polar surface area (TPSA) is 19.7 Å². The van der Waals surface area contributed by atoms with Crippen LogP contribution in [0.3, 0.4) is 0 Å². The zero-order valence-electron chi connectivity index (χ0n) is 7.41. The Morgan fingerprint density at radius 3 is 1.07 bits per heavy atom. The third-order valence-corrected chi connectivity index (χ3v) is 2.73. The Hall–Kier alpha value is -2.10. The van der Waals surface area contributed by atoms with Gasteiger partial charge in [0.05, 0.1) is 0 Å². The molecule has 0 saturated carbocycles. The summed E-state index contributed by atoms with van der Waals surface area (Å²) in [6.07, 6.45) is 16.5. The molecule has 0 fully saturated rings. The van der Waals surface area contributed by atoms with Gasteiger partial charge in [0.1, 0.15) is 0 Å². The number of hydrogen-bond donors (Lipinski definition) is 0. The van der Waals surface area contributed by atoms with Crippen LogP contribution in [0.15, 0.2) is 24.8 Å². The maximum atomic E-state index is 2.12. The SMILES string of the molecule is C1=Cn2ccn3c4n(ccn1c2=4)C=C3. The van der Waals surface area contributed by atoms with E-state index in [1.807, 2.05) is 0 Å². The van der Waals surface area contributed by atoms with Crippen LogP contribution in [0, 0.1) is 11.0 Å². The molecular formula is C10H8N4. The molecule has 4 nitrogen and oxygen atoms in total. The molecule has 4 heterocycles. The van der Waals surface area contributed by atoms with Crippen molar-refractivity contribution in [1.82, 2.24) is 18.3 Å². The molecule has 0 N–H and O–H groups in total. The Kier molecular flexibility index (Phi) is 0.851. The van der Waals surface area contributed by atoms with Gasteiger partial charge in [0.15, 0.2) is 11.0 Å². The van der Waals surface area contributed by atoms with Crippen LogP contribution in [0.1, 0.15) is 0 Å². The third-order valence-electron chi connectivity index (χ3n) is 2.73. The van der Waals surface area contributed by atoms with Crippen molar-refractivity contribution in [3.05, 3.63) is 35.7 Å². The molecule has 0 aromatic rings. The molecule has 4 aliphatic rings. The second kappa shape index (κ2) is 1.87. The number of hydrogen-bond acceptors (Lipinski definition) is 0. The highest BCUT2D eigenvalue weighted by atomic mass is 15.2. The maximum absolute atomic E-state index is 2.12. The smallest absolute Gasteiger partial charge is 0.164 e. The van der Waals surface area contributed by atoms with Crippen LogP contribution >= 0.6 is 0 Å². The van der Waals surface area contributed by atoms with Crippen LogP contribution in [-0.4, -0.2) is 18.3 Å². The van der Waals surface area contributed by atoms with E-state index in [2.05, 4.69) is 67.9 Å². The molecule has 0 aliphatic carbocycles. The predicted octanol–water partition coefficient (Wildman–Crippen LogP) is 1.54. The van der Waals surface area contributed by atoms with Crippen LogP contribution in [0.25, 0.3) is 24.8 Å². The van der Waals surface area contributed by atoms with Crippen molar-refractivity contribution >= 4 is 24.8 Å². The molecular weight excluding hydrogens is 176 g/mol. The van der Waals surface area contributed by atoms with Gasteiger partial charge in [-0.25, -0.2) is 0 Å². The lowest BCUT2D eigenvalue weighted by Gasteiger charge is -2.06. The van der Waals surface area contributed by atoms with Gasteiger partial charge in [-0.05, 0) is 0 Å². The highest BCUT2D eigenvalue weighted by molar-refractivity contribution is 5.53. The van der Waals surface area contributed by atoms with Crippen molar-refractivity contribution in [2.75, 3.05) is 0 Å². The lowest BCUT2D eigenvalue weighted by Crippen LogP contribution is -2.06. The monoisotopic (exact) mass is 184 g/mol.